The lowest BCUT2D eigenvalue weighted by Gasteiger charge is -2.41. The molecular formula is C17H17NO4. The monoisotopic (exact) mass is 299 g/mol. The van der Waals surface area contributed by atoms with E-state index in [4.69, 9.17) is 4.74 Å². The first kappa shape index (κ1) is 14.5. The van der Waals surface area contributed by atoms with Crippen molar-refractivity contribution >= 4 is 17.8 Å². The molecule has 1 fully saturated rings. The van der Waals surface area contributed by atoms with E-state index < -0.39 is 23.5 Å². The summed E-state index contributed by atoms with van der Waals surface area (Å²) in [5.41, 5.74) is -0.251. The van der Waals surface area contributed by atoms with Gasteiger partial charge in [0.2, 0.25) is 5.72 Å². The molecule has 1 aliphatic carbocycles. The van der Waals surface area contributed by atoms with Crippen LogP contribution in [0.2, 0.25) is 0 Å². The molecule has 0 radical (unpaired) electrons. The first-order valence-electron chi connectivity index (χ1n) is 7.35. The topological polar surface area (TPSA) is 63.7 Å². The number of ether oxygens (including phenoxy) is 1. The van der Waals surface area contributed by atoms with Crippen molar-refractivity contribution in [3.8, 4) is 0 Å². The minimum absolute atomic E-state index is 0.203. The van der Waals surface area contributed by atoms with Crippen molar-refractivity contribution in [2.75, 3.05) is 0 Å². The van der Waals surface area contributed by atoms with Crippen LogP contribution in [0.3, 0.4) is 0 Å². The smallest absolute Gasteiger partial charge is 0.304 e. The SMILES string of the molecule is CC(=O)O[C@@]1(N2C(=O)C=CC2=O)CCC[C@H]1c1ccccc1. The predicted molar refractivity (Wildman–Crippen MR) is 78.5 cm³/mol. The van der Waals surface area contributed by atoms with E-state index in [1.165, 1.54) is 19.1 Å². The first-order chi connectivity index (χ1) is 10.5. The van der Waals surface area contributed by atoms with E-state index in [1.807, 2.05) is 30.3 Å². The second kappa shape index (κ2) is 5.40. The highest BCUT2D eigenvalue weighted by Crippen LogP contribution is 2.48. The van der Waals surface area contributed by atoms with Crippen LogP contribution in [0.1, 0.15) is 37.7 Å². The molecule has 0 N–H and O–H groups in total. The average molecular weight is 299 g/mol. The molecule has 114 valence electrons. The molecular weight excluding hydrogens is 282 g/mol. The van der Waals surface area contributed by atoms with Crippen LogP contribution in [-0.4, -0.2) is 28.4 Å². The third-order valence-electron chi connectivity index (χ3n) is 4.28. The first-order valence-corrected chi connectivity index (χ1v) is 7.35. The van der Waals surface area contributed by atoms with Crippen LogP contribution in [0, 0.1) is 0 Å². The summed E-state index contributed by atoms with van der Waals surface area (Å²) in [5, 5.41) is 0. The van der Waals surface area contributed by atoms with E-state index in [-0.39, 0.29) is 5.92 Å². The van der Waals surface area contributed by atoms with Gasteiger partial charge < -0.3 is 4.74 Å². The maximum absolute atomic E-state index is 12.2. The van der Waals surface area contributed by atoms with Gasteiger partial charge in [-0.2, -0.15) is 0 Å². The fraction of sp³-hybridized carbons (Fsp3) is 0.353. The quantitative estimate of drug-likeness (QED) is 0.633. The van der Waals surface area contributed by atoms with E-state index in [0.717, 1.165) is 23.3 Å². The lowest BCUT2D eigenvalue weighted by molar-refractivity contribution is -0.189. The standard InChI is InChI=1S/C17H17NO4/c1-12(19)22-17(18-15(20)9-10-16(18)21)11-5-8-14(17)13-6-3-2-4-7-13/h2-4,6-7,9-10,14H,5,8,11H2,1H3/t14-,17-/m0/s1. The number of imide groups is 1. The summed E-state index contributed by atoms with van der Waals surface area (Å²) in [4.78, 5) is 37.1. The van der Waals surface area contributed by atoms with E-state index in [2.05, 4.69) is 0 Å². The molecule has 1 aliphatic heterocycles. The van der Waals surface area contributed by atoms with Gasteiger partial charge in [0.25, 0.3) is 11.8 Å². The zero-order valence-electron chi connectivity index (χ0n) is 12.3. The number of carbonyl (C=O) groups is 3. The molecule has 1 aromatic carbocycles. The molecule has 0 bridgehead atoms. The summed E-state index contributed by atoms with van der Waals surface area (Å²) in [6, 6.07) is 9.58. The minimum Gasteiger partial charge on any atom is -0.438 e. The van der Waals surface area contributed by atoms with Gasteiger partial charge in [0, 0.05) is 31.4 Å². The number of esters is 1. The number of amides is 2. The summed E-state index contributed by atoms with van der Waals surface area (Å²) < 4.78 is 5.60. The Bertz CT molecular complexity index is 634. The summed E-state index contributed by atoms with van der Waals surface area (Å²) >= 11 is 0. The largest absolute Gasteiger partial charge is 0.438 e. The maximum Gasteiger partial charge on any atom is 0.304 e. The Labute approximate surface area is 128 Å². The van der Waals surface area contributed by atoms with Gasteiger partial charge in [-0.25, -0.2) is 4.90 Å². The summed E-state index contributed by atoms with van der Waals surface area (Å²) in [7, 11) is 0. The Hall–Kier alpha value is -2.43. The zero-order valence-corrected chi connectivity index (χ0v) is 12.3. The van der Waals surface area contributed by atoms with Gasteiger partial charge in [-0.1, -0.05) is 30.3 Å². The number of carbonyl (C=O) groups excluding carboxylic acids is 3. The summed E-state index contributed by atoms with van der Waals surface area (Å²) in [6.07, 6.45) is 4.46. The highest BCUT2D eigenvalue weighted by molar-refractivity contribution is 6.13. The van der Waals surface area contributed by atoms with Crippen molar-refractivity contribution in [3.63, 3.8) is 0 Å². The number of rotatable bonds is 3. The van der Waals surface area contributed by atoms with E-state index >= 15 is 0 Å². The molecule has 3 rings (SSSR count). The second-order valence-corrected chi connectivity index (χ2v) is 5.64. The zero-order chi connectivity index (χ0) is 15.7. The van der Waals surface area contributed by atoms with Crippen LogP contribution in [0.15, 0.2) is 42.5 Å². The molecule has 1 saturated carbocycles. The van der Waals surface area contributed by atoms with E-state index in [0.29, 0.717) is 6.42 Å². The van der Waals surface area contributed by atoms with Crippen LogP contribution in [0.4, 0.5) is 0 Å². The Balaban J connectivity index is 2.07. The molecule has 2 aliphatic rings. The van der Waals surface area contributed by atoms with Crippen molar-refractivity contribution in [1.82, 2.24) is 4.90 Å². The Morgan fingerprint density at radius 2 is 1.82 bits per heavy atom. The Morgan fingerprint density at radius 1 is 1.18 bits per heavy atom. The van der Waals surface area contributed by atoms with Crippen LogP contribution in [-0.2, 0) is 19.1 Å². The molecule has 0 spiro atoms. The number of nitrogens with zero attached hydrogens (tertiary/aromatic N) is 1. The fourth-order valence-corrected chi connectivity index (χ4v) is 3.53. The third-order valence-corrected chi connectivity index (χ3v) is 4.28. The molecule has 0 aromatic heterocycles. The maximum atomic E-state index is 12.2. The lowest BCUT2D eigenvalue weighted by Crippen LogP contribution is -2.56. The minimum atomic E-state index is -1.22. The van der Waals surface area contributed by atoms with Crippen LogP contribution in [0.25, 0.3) is 0 Å². The molecule has 0 unspecified atom stereocenters. The van der Waals surface area contributed by atoms with Crippen molar-refractivity contribution in [2.24, 2.45) is 0 Å². The van der Waals surface area contributed by atoms with Crippen molar-refractivity contribution in [3.05, 3.63) is 48.0 Å². The Morgan fingerprint density at radius 3 is 2.41 bits per heavy atom. The summed E-state index contributed by atoms with van der Waals surface area (Å²) in [6.45, 7) is 1.31. The van der Waals surface area contributed by atoms with Crippen LogP contribution >= 0.6 is 0 Å². The summed E-state index contributed by atoms with van der Waals surface area (Å²) in [5.74, 6) is -1.54. The molecule has 2 atom stereocenters. The highest BCUT2D eigenvalue weighted by Gasteiger charge is 2.55. The van der Waals surface area contributed by atoms with Gasteiger partial charge in [-0.15, -0.1) is 0 Å². The number of benzene rings is 1. The van der Waals surface area contributed by atoms with Gasteiger partial charge >= 0.3 is 5.97 Å². The van der Waals surface area contributed by atoms with Crippen LogP contribution in [0.5, 0.6) is 0 Å². The third kappa shape index (κ3) is 2.22. The van der Waals surface area contributed by atoms with E-state index in [1.54, 1.807) is 0 Å². The number of hydrogen-bond donors (Lipinski definition) is 0. The lowest BCUT2D eigenvalue weighted by atomic mass is 9.89. The normalized spacial score (nSPS) is 27.5. The van der Waals surface area contributed by atoms with Gasteiger partial charge in [-0.05, 0) is 18.4 Å². The predicted octanol–water partition coefficient (Wildman–Crippen LogP) is 2.14. The molecule has 2 amide bonds. The molecule has 1 heterocycles. The van der Waals surface area contributed by atoms with Crippen molar-refractivity contribution in [2.45, 2.75) is 37.8 Å². The molecule has 0 saturated heterocycles. The molecule has 5 heteroatoms. The average Bonchev–Trinajstić information content (AvgIpc) is 3.03. The highest BCUT2D eigenvalue weighted by atomic mass is 16.6. The Kier molecular flexibility index (Phi) is 3.56. The van der Waals surface area contributed by atoms with Gasteiger partial charge in [-0.3, -0.25) is 14.4 Å². The van der Waals surface area contributed by atoms with Crippen molar-refractivity contribution < 1.29 is 19.1 Å². The van der Waals surface area contributed by atoms with Gasteiger partial charge in [0.15, 0.2) is 0 Å². The van der Waals surface area contributed by atoms with E-state index in [9.17, 15) is 14.4 Å². The second-order valence-electron chi connectivity index (χ2n) is 5.64. The van der Waals surface area contributed by atoms with Gasteiger partial charge in [0.1, 0.15) is 0 Å². The molecule has 5 nitrogen and oxygen atoms in total. The van der Waals surface area contributed by atoms with Gasteiger partial charge in [0.05, 0.1) is 0 Å². The van der Waals surface area contributed by atoms with Crippen molar-refractivity contribution in [1.29, 1.82) is 0 Å². The van der Waals surface area contributed by atoms with Crippen LogP contribution < -0.4 is 0 Å². The molecule has 22 heavy (non-hydrogen) atoms. The fourth-order valence-electron chi connectivity index (χ4n) is 3.53. The molecule has 1 aromatic rings. The number of hydrogen-bond acceptors (Lipinski definition) is 4.